The van der Waals surface area contributed by atoms with Gasteiger partial charge in [0.05, 0.1) is 40.6 Å². The second kappa shape index (κ2) is 10.8. The van der Waals surface area contributed by atoms with E-state index in [9.17, 15) is 9.59 Å². The molecule has 184 valence electrons. The number of amides is 2. The van der Waals surface area contributed by atoms with Gasteiger partial charge in [0.2, 0.25) is 0 Å². The highest BCUT2D eigenvalue weighted by Crippen LogP contribution is 2.27. The van der Waals surface area contributed by atoms with E-state index in [2.05, 4.69) is 20.7 Å². The van der Waals surface area contributed by atoms with Gasteiger partial charge in [-0.2, -0.15) is 5.10 Å². The molecule has 8 nitrogen and oxygen atoms in total. The van der Waals surface area contributed by atoms with Gasteiger partial charge in [-0.3, -0.25) is 14.6 Å². The van der Waals surface area contributed by atoms with E-state index >= 15 is 0 Å². The largest absolute Gasteiger partial charge is 0.352 e. The van der Waals surface area contributed by atoms with E-state index in [-0.39, 0.29) is 11.8 Å². The van der Waals surface area contributed by atoms with Crippen LogP contribution in [0.1, 0.15) is 39.6 Å². The number of rotatable bonds is 8. The zero-order valence-corrected chi connectivity index (χ0v) is 20.4. The standard InChI is InChI=1S/C29H26N6O2/c1-2-14-31-28(36)22-10-6-7-11-25(22)34-29(37)23-17-26(21-8-4-3-5-9-21)33-27-24(23)18-32-35(27)19-20-12-15-30-16-13-20/h3-13,15-18H,2,14,19H2,1H3,(H,31,36)(H,34,37). The Morgan fingerprint density at radius 1 is 0.892 bits per heavy atom. The van der Waals surface area contributed by atoms with E-state index in [1.807, 2.05) is 49.4 Å². The first-order valence-corrected chi connectivity index (χ1v) is 12.1. The summed E-state index contributed by atoms with van der Waals surface area (Å²) < 4.78 is 1.78. The minimum Gasteiger partial charge on any atom is -0.352 e. The molecular weight excluding hydrogens is 464 g/mol. The molecule has 0 aliphatic heterocycles. The Balaban J connectivity index is 1.56. The lowest BCUT2D eigenvalue weighted by atomic mass is 10.1. The first-order chi connectivity index (χ1) is 18.1. The minimum absolute atomic E-state index is 0.229. The summed E-state index contributed by atoms with van der Waals surface area (Å²) in [5.74, 6) is -0.573. The summed E-state index contributed by atoms with van der Waals surface area (Å²) in [7, 11) is 0. The molecule has 0 aliphatic rings. The van der Waals surface area contributed by atoms with Crippen LogP contribution in [0.25, 0.3) is 22.3 Å². The van der Waals surface area contributed by atoms with Crippen molar-refractivity contribution in [3.8, 4) is 11.3 Å². The Bertz CT molecular complexity index is 1550. The molecule has 5 rings (SSSR count). The molecule has 2 aromatic carbocycles. The summed E-state index contributed by atoms with van der Waals surface area (Å²) in [6.07, 6.45) is 5.95. The predicted octanol–water partition coefficient (Wildman–Crippen LogP) is 4.93. The van der Waals surface area contributed by atoms with Gasteiger partial charge in [-0.25, -0.2) is 9.67 Å². The molecule has 2 N–H and O–H groups in total. The number of hydrogen-bond donors (Lipinski definition) is 2. The van der Waals surface area contributed by atoms with Crippen LogP contribution in [-0.4, -0.2) is 38.1 Å². The number of carbonyl (C=O) groups is 2. The smallest absolute Gasteiger partial charge is 0.256 e. The average molecular weight is 491 g/mol. The van der Waals surface area contributed by atoms with Crippen molar-refractivity contribution in [2.75, 3.05) is 11.9 Å². The van der Waals surface area contributed by atoms with Crippen molar-refractivity contribution >= 4 is 28.5 Å². The third-order valence-corrected chi connectivity index (χ3v) is 5.96. The van der Waals surface area contributed by atoms with Crippen molar-refractivity contribution in [2.45, 2.75) is 19.9 Å². The molecule has 0 radical (unpaired) electrons. The summed E-state index contributed by atoms with van der Waals surface area (Å²) in [4.78, 5) is 35.3. The molecule has 0 saturated carbocycles. The van der Waals surface area contributed by atoms with Crippen LogP contribution in [0, 0.1) is 0 Å². The number of para-hydroxylation sites is 1. The van der Waals surface area contributed by atoms with Crippen LogP contribution < -0.4 is 10.6 Å². The zero-order valence-electron chi connectivity index (χ0n) is 20.4. The van der Waals surface area contributed by atoms with Gasteiger partial charge in [0.15, 0.2) is 5.65 Å². The minimum atomic E-state index is -0.344. The Morgan fingerprint density at radius 2 is 1.65 bits per heavy atom. The van der Waals surface area contributed by atoms with E-state index in [1.165, 1.54) is 0 Å². The highest BCUT2D eigenvalue weighted by atomic mass is 16.2. The second-order valence-electron chi connectivity index (χ2n) is 8.57. The van der Waals surface area contributed by atoms with Crippen molar-refractivity contribution in [2.24, 2.45) is 0 Å². The molecule has 5 aromatic rings. The molecule has 3 heterocycles. The monoisotopic (exact) mass is 490 g/mol. The van der Waals surface area contributed by atoms with Crippen LogP contribution in [0.4, 0.5) is 5.69 Å². The normalized spacial score (nSPS) is 10.8. The average Bonchev–Trinajstić information content (AvgIpc) is 3.35. The van der Waals surface area contributed by atoms with Crippen molar-refractivity contribution in [3.63, 3.8) is 0 Å². The van der Waals surface area contributed by atoms with Crippen molar-refractivity contribution in [1.29, 1.82) is 0 Å². The van der Waals surface area contributed by atoms with Gasteiger partial charge in [-0.05, 0) is 42.3 Å². The van der Waals surface area contributed by atoms with Crippen LogP contribution in [0.2, 0.25) is 0 Å². The third-order valence-electron chi connectivity index (χ3n) is 5.96. The summed E-state index contributed by atoms with van der Waals surface area (Å²) in [5, 5.41) is 11.0. The first-order valence-electron chi connectivity index (χ1n) is 12.1. The fourth-order valence-electron chi connectivity index (χ4n) is 4.08. The Labute approximate surface area is 214 Å². The van der Waals surface area contributed by atoms with Gasteiger partial charge in [0.25, 0.3) is 11.8 Å². The molecule has 0 spiro atoms. The van der Waals surface area contributed by atoms with E-state index in [1.54, 1.807) is 53.6 Å². The highest BCUT2D eigenvalue weighted by Gasteiger charge is 2.20. The molecule has 2 amide bonds. The topological polar surface area (TPSA) is 102 Å². The Hall–Kier alpha value is -4.85. The lowest BCUT2D eigenvalue weighted by Crippen LogP contribution is -2.25. The number of nitrogens with zero attached hydrogens (tertiary/aromatic N) is 4. The highest BCUT2D eigenvalue weighted by molar-refractivity contribution is 6.14. The van der Waals surface area contributed by atoms with Crippen LogP contribution in [0.15, 0.2) is 91.4 Å². The number of carbonyl (C=O) groups excluding carboxylic acids is 2. The quantitative estimate of drug-likeness (QED) is 0.321. The van der Waals surface area contributed by atoms with Crippen LogP contribution in [-0.2, 0) is 6.54 Å². The molecule has 37 heavy (non-hydrogen) atoms. The van der Waals surface area contributed by atoms with Gasteiger partial charge < -0.3 is 10.6 Å². The molecule has 0 bridgehead atoms. The number of anilines is 1. The van der Waals surface area contributed by atoms with Crippen molar-refractivity contribution < 1.29 is 9.59 Å². The maximum absolute atomic E-state index is 13.7. The number of aromatic nitrogens is 4. The molecule has 0 unspecified atom stereocenters. The van der Waals surface area contributed by atoms with E-state index in [4.69, 9.17) is 4.98 Å². The number of pyridine rings is 2. The zero-order chi connectivity index (χ0) is 25.6. The van der Waals surface area contributed by atoms with Crippen molar-refractivity contribution in [3.05, 3.63) is 108 Å². The fraction of sp³-hybridized carbons (Fsp3) is 0.138. The summed E-state index contributed by atoms with van der Waals surface area (Å²) >= 11 is 0. The van der Waals surface area contributed by atoms with E-state index in [0.29, 0.717) is 46.6 Å². The number of hydrogen-bond acceptors (Lipinski definition) is 5. The lowest BCUT2D eigenvalue weighted by Gasteiger charge is -2.13. The molecule has 0 saturated heterocycles. The summed E-state index contributed by atoms with van der Waals surface area (Å²) in [6, 6.07) is 22.3. The van der Waals surface area contributed by atoms with Crippen LogP contribution in [0.3, 0.4) is 0 Å². The maximum Gasteiger partial charge on any atom is 0.256 e. The second-order valence-corrected chi connectivity index (χ2v) is 8.57. The maximum atomic E-state index is 13.7. The fourth-order valence-corrected chi connectivity index (χ4v) is 4.08. The molecule has 8 heteroatoms. The molecule has 0 aliphatic carbocycles. The third kappa shape index (κ3) is 5.23. The molecule has 0 fully saturated rings. The number of benzene rings is 2. The first kappa shape index (κ1) is 23.9. The van der Waals surface area contributed by atoms with E-state index in [0.717, 1.165) is 17.5 Å². The van der Waals surface area contributed by atoms with Gasteiger partial charge >= 0.3 is 0 Å². The van der Waals surface area contributed by atoms with Gasteiger partial charge in [-0.1, -0.05) is 49.4 Å². The van der Waals surface area contributed by atoms with Gasteiger partial charge in [0.1, 0.15) is 0 Å². The summed E-state index contributed by atoms with van der Waals surface area (Å²) in [6.45, 7) is 3.03. The Kier molecular flexibility index (Phi) is 6.98. The number of fused-ring (bicyclic) bond motifs is 1. The molecule has 3 aromatic heterocycles. The van der Waals surface area contributed by atoms with Gasteiger partial charge in [0, 0.05) is 24.5 Å². The van der Waals surface area contributed by atoms with E-state index < -0.39 is 0 Å². The Morgan fingerprint density at radius 3 is 2.43 bits per heavy atom. The molecular formula is C29H26N6O2. The van der Waals surface area contributed by atoms with Gasteiger partial charge in [-0.15, -0.1) is 0 Å². The lowest BCUT2D eigenvalue weighted by molar-refractivity contribution is 0.0954. The summed E-state index contributed by atoms with van der Waals surface area (Å²) in [5.41, 5.74) is 4.43. The van der Waals surface area contributed by atoms with Crippen LogP contribution in [0.5, 0.6) is 0 Å². The number of nitrogens with one attached hydrogen (secondary N) is 2. The predicted molar refractivity (Wildman–Crippen MR) is 143 cm³/mol. The van der Waals surface area contributed by atoms with Crippen molar-refractivity contribution in [1.82, 2.24) is 25.1 Å². The SMILES string of the molecule is CCCNC(=O)c1ccccc1NC(=O)c1cc(-c2ccccc2)nc2c1cnn2Cc1ccncc1. The van der Waals surface area contributed by atoms with Crippen LogP contribution >= 0.6 is 0 Å². The molecule has 0 atom stereocenters.